The van der Waals surface area contributed by atoms with Crippen LogP contribution in [0, 0.1) is 5.82 Å². The predicted octanol–water partition coefficient (Wildman–Crippen LogP) is 6.15. The number of carbonyl (C=O) groups excluding carboxylic acids is 2. The molecule has 2 amide bonds. The van der Waals surface area contributed by atoms with Crippen LogP contribution in [0.15, 0.2) is 66.9 Å². The molecule has 2 aromatic carbocycles. The van der Waals surface area contributed by atoms with Crippen molar-refractivity contribution in [3.8, 4) is 5.69 Å². The molecule has 202 valence electrons. The van der Waals surface area contributed by atoms with Gasteiger partial charge in [-0.25, -0.2) is 13.9 Å². The molecule has 8 heteroatoms. The Morgan fingerprint density at radius 2 is 1.76 bits per heavy atom. The Bertz CT molecular complexity index is 1280. The molecule has 1 aliphatic heterocycles. The van der Waals surface area contributed by atoms with Crippen molar-refractivity contribution < 1.29 is 18.7 Å². The van der Waals surface area contributed by atoms with Crippen LogP contribution in [-0.2, 0) is 9.53 Å². The van der Waals surface area contributed by atoms with Gasteiger partial charge in [0, 0.05) is 17.7 Å². The SMILES string of the molecule is CCC(C)(C)NC(=O)[C@@H]1C[C@H](c2ccn(-c3ccccc3)n2)[C@H](c2cccc(F)c2)N1C(=O)OC(C)(C)C. The van der Waals surface area contributed by atoms with Crippen molar-refractivity contribution >= 4 is 12.0 Å². The van der Waals surface area contributed by atoms with Gasteiger partial charge in [0.25, 0.3) is 0 Å². The highest BCUT2D eigenvalue weighted by Gasteiger charge is 2.51. The van der Waals surface area contributed by atoms with Crippen LogP contribution in [0.3, 0.4) is 0 Å². The smallest absolute Gasteiger partial charge is 0.411 e. The lowest BCUT2D eigenvalue weighted by Gasteiger charge is -2.34. The van der Waals surface area contributed by atoms with Gasteiger partial charge in [-0.05, 0) is 83.4 Å². The third-order valence-corrected chi connectivity index (χ3v) is 6.95. The highest BCUT2D eigenvalue weighted by atomic mass is 19.1. The zero-order valence-corrected chi connectivity index (χ0v) is 22.9. The minimum atomic E-state index is -0.823. The number of halogens is 1. The monoisotopic (exact) mass is 520 g/mol. The number of hydrogen-bond acceptors (Lipinski definition) is 4. The van der Waals surface area contributed by atoms with Crippen LogP contribution in [0.2, 0.25) is 0 Å². The van der Waals surface area contributed by atoms with Crippen LogP contribution in [0.4, 0.5) is 9.18 Å². The van der Waals surface area contributed by atoms with Crippen molar-refractivity contribution in [2.45, 2.75) is 83.5 Å². The molecule has 1 fully saturated rings. The van der Waals surface area contributed by atoms with Gasteiger partial charge in [0.15, 0.2) is 0 Å². The summed E-state index contributed by atoms with van der Waals surface area (Å²) in [4.78, 5) is 28.9. The van der Waals surface area contributed by atoms with E-state index >= 15 is 0 Å². The largest absolute Gasteiger partial charge is 0.444 e. The highest BCUT2D eigenvalue weighted by molar-refractivity contribution is 5.87. The normalized spacial score (nSPS) is 19.9. The van der Waals surface area contributed by atoms with E-state index in [-0.39, 0.29) is 11.8 Å². The van der Waals surface area contributed by atoms with E-state index in [1.165, 1.54) is 17.0 Å². The molecule has 4 rings (SSSR count). The fourth-order valence-electron chi connectivity index (χ4n) is 4.79. The lowest BCUT2D eigenvalue weighted by molar-refractivity contribution is -0.127. The standard InChI is InChI=1S/C30H37FN4O3/c1-7-30(5,6)32-27(36)25-19-23(24-16-17-34(33-24)22-14-9-8-10-15-22)26(20-12-11-13-21(31)18-20)35(25)28(37)38-29(2,3)4/h8-18,23,25-26H,7,19H2,1-6H3,(H,32,36)/t23-,25+,26+/m1/s1. The summed E-state index contributed by atoms with van der Waals surface area (Å²) in [6.45, 7) is 11.2. The van der Waals surface area contributed by atoms with Gasteiger partial charge >= 0.3 is 6.09 Å². The molecule has 1 saturated heterocycles. The molecule has 3 aromatic rings. The van der Waals surface area contributed by atoms with E-state index in [0.717, 1.165) is 12.1 Å². The molecule has 0 radical (unpaired) electrons. The molecule has 1 aliphatic rings. The van der Waals surface area contributed by atoms with Crippen molar-refractivity contribution in [1.82, 2.24) is 20.0 Å². The number of likely N-dealkylation sites (tertiary alicyclic amines) is 1. The van der Waals surface area contributed by atoms with E-state index in [1.54, 1.807) is 37.6 Å². The summed E-state index contributed by atoms with van der Waals surface area (Å²) in [5.41, 5.74) is 0.946. The van der Waals surface area contributed by atoms with Gasteiger partial charge < -0.3 is 10.1 Å². The first-order valence-corrected chi connectivity index (χ1v) is 13.1. The molecule has 0 unspecified atom stereocenters. The summed E-state index contributed by atoms with van der Waals surface area (Å²) >= 11 is 0. The minimum absolute atomic E-state index is 0.269. The first-order valence-electron chi connectivity index (χ1n) is 13.1. The van der Waals surface area contributed by atoms with E-state index in [2.05, 4.69) is 5.32 Å². The van der Waals surface area contributed by atoms with Gasteiger partial charge in [-0.1, -0.05) is 37.3 Å². The van der Waals surface area contributed by atoms with Crippen LogP contribution < -0.4 is 5.32 Å². The maximum Gasteiger partial charge on any atom is 0.411 e. The first kappa shape index (κ1) is 27.4. The number of rotatable bonds is 6. The van der Waals surface area contributed by atoms with Gasteiger partial charge in [0.2, 0.25) is 5.91 Å². The quantitative estimate of drug-likeness (QED) is 0.423. The molecule has 0 spiro atoms. The number of amides is 2. The Morgan fingerprint density at radius 1 is 1.05 bits per heavy atom. The summed E-state index contributed by atoms with van der Waals surface area (Å²) in [6, 6.07) is 16.3. The zero-order chi connectivity index (χ0) is 27.7. The Kier molecular flexibility index (Phi) is 7.63. The van der Waals surface area contributed by atoms with Crippen LogP contribution in [0.5, 0.6) is 0 Å². The molecule has 1 aromatic heterocycles. The molecule has 0 bridgehead atoms. The maximum atomic E-state index is 14.5. The molecule has 1 N–H and O–H groups in total. The Labute approximate surface area is 224 Å². The van der Waals surface area contributed by atoms with Crippen molar-refractivity contribution in [2.24, 2.45) is 0 Å². The van der Waals surface area contributed by atoms with E-state index < -0.39 is 35.1 Å². The summed E-state index contributed by atoms with van der Waals surface area (Å²) < 4.78 is 22.0. The second-order valence-electron chi connectivity index (χ2n) is 11.5. The third-order valence-electron chi connectivity index (χ3n) is 6.95. The summed E-state index contributed by atoms with van der Waals surface area (Å²) in [5, 5.41) is 7.92. The Hall–Kier alpha value is -3.68. The van der Waals surface area contributed by atoms with Gasteiger partial charge in [-0.3, -0.25) is 9.69 Å². The van der Waals surface area contributed by atoms with Crippen LogP contribution in [-0.4, -0.2) is 43.9 Å². The van der Waals surface area contributed by atoms with E-state index in [4.69, 9.17) is 9.84 Å². The van der Waals surface area contributed by atoms with Crippen molar-refractivity contribution in [3.05, 3.63) is 83.9 Å². The fraction of sp³-hybridized carbons (Fsp3) is 0.433. The third kappa shape index (κ3) is 6.06. The number of hydrogen-bond donors (Lipinski definition) is 1. The molecular formula is C30H37FN4O3. The lowest BCUT2D eigenvalue weighted by Crippen LogP contribution is -2.53. The number of aromatic nitrogens is 2. The second kappa shape index (κ2) is 10.6. The Morgan fingerprint density at radius 3 is 2.39 bits per heavy atom. The average Bonchev–Trinajstić information content (AvgIpc) is 3.49. The summed E-state index contributed by atoms with van der Waals surface area (Å²) in [7, 11) is 0. The number of benzene rings is 2. The fourth-order valence-corrected chi connectivity index (χ4v) is 4.79. The summed E-state index contributed by atoms with van der Waals surface area (Å²) in [5.74, 6) is -1.05. The lowest BCUT2D eigenvalue weighted by atomic mass is 9.90. The Balaban J connectivity index is 1.81. The molecule has 7 nitrogen and oxygen atoms in total. The number of nitrogens with zero attached hydrogens (tertiary/aromatic N) is 3. The van der Waals surface area contributed by atoms with Crippen molar-refractivity contribution in [1.29, 1.82) is 0 Å². The van der Waals surface area contributed by atoms with Crippen LogP contribution >= 0.6 is 0 Å². The number of ether oxygens (including phenoxy) is 1. The molecule has 0 saturated carbocycles. The van der Waals surface area contributed by atoms with E-state index in [1.807, 2.05) is 63.4 Å². The van der Waals surface area contributed by atoms with Crippen LogP contribution in [0.25, 0.3) is 5.69 Å². The van der Waals surface area contributed by atoms with Crippen molar-refractivity contribution in [2.75, 3.05) is 0 Å². The average molecular weight is 521 g/mol. The van der Waals surface area contributed by atoms with Gasteiger partial charge in [-0.2, -0.15) is 5.10 Å². The summed E-state index contributed by atoms with van der Waals surface area (Å²) in [6.07, 6.45) is 2.28. The topological polar surface area (TPSA) is 76.5 Å². The molecule has 0 aliphatic carbocycles. The molecule has 3 atom stereocenters. The zero-order valence-electron chi connectivity index (χ0n) is 22.9. The highest BCUT2D eigenvalue weighted by Crippen LogP contribution is 2.47. The van der Waals surface area contributed by atoms with Gasteiger partial charge in [-0.15, -0.1) is 0 Å². The number of nitrogens with one attached hydrogen (secondary N) is 1. The number of carbonyl (C=O) groups is 2. The van der Waals surface area contributed by atoms with Gasteiger partial charge in [0.1, 0.15) is 17.5 Å². The van der Waals surface area contributed by atoms with Gasteiger partial charge in [0.05, 0.1) is 17.4 Å². The minimum Gasteiger partial charge on any atom is -0.444 e. The van der Waals surface area contributed by atoms with Crippen molar-refractivity contribution in [3.63, 3.8) is 0 Å². The molecule has 2 heterocycles. The maximum absolute atomic E-state index is 14.5. The van der Waals surface area contributed by atoms with E-state index in [0.29, 0.717) is 17.7 Å². The predicted molar refractivity (Wildman–Crippen MR) is 144 cm³/mol. The first-order chi connectivity index (χ1) is 17.9. The van der Waals surface area contributed by atoms with E-state index in [9.17, 15) is 14.0 Å². The number of para-hydroxylation sites is 1. The second-order valence-corrected chi connectivity index (χ2v) is 11.5. The van der Waals surface area contributed by atoms with Crippen LogP contribution in [0.1, 0.15) is 77.6 Å². The molecule has 38 heavy (non-hydrogen) atoms. The molecular weight excluding hydrogens is 483 g/mol.